The summed E-state index contributed by atoms with van der Waals surface area (Å²) >= 11 is 5.41. The normalized spacial score (nSPS) is 13.5. The van der Waals surface area contributed by atoms with Gasteiger partial charge in [-0.25, -0.2) is 4.98 Å². The average molecular weight is 337 g/mol. The lowest BCUT2D eigenvalue weighted by molar-refractivity contribution is 0.411. The first-order valence-corrected chi connectivity index (χ1v) is 8.27. The molecule has 0 unspecified atom stereocenters. The van der Waals surface area contributed by atoms with Gasteiger partial charge in [0.25, 0.3) is 0 Å². The quantitative estimate of drug-likeness (QED) is 0.767. The van der Waals surface area contributed by atoms with Crippen LogP contribution in [0.15, 0.2) is 22.7 Å². The zero-order chi connectivity index (χ0) is 13.6. The van der Waals surface area contributed by atoms with Crippen molar-refractivity contribution in [3.05, 3.63) is 38.1 Å². The van der Waals surface area contributed by atoms with Crippen molar-refractivity contribution >= 4 is 27.3 Å². The van der Waals surface area contributed by atoms with E-state index in [9.17, 15) is 0 Å². The molecule has 0 saturated heterocycles. The van der Waals surface area contributed by atoms with Crippen LogP contribution in [-0.4, -0.2) is 4.98 Å². The second-order valence-corrected chi connectivity index (χ2v) is 7.03. The minimum atomic E-state index is -0.263. The van der Waals surface area contributed by atoms with Gasteiger partial charge in [-0.05, 0) is 24.5 Å². The molecule has 0 spiro atoms. The highest BCUT2D eigenvalue weighted by molar-refractivity contribution is 9.10. The van der Waals surface area contributed by atoms with E-state index in [-0.39, 0.29) is 5.54 Å². The molecule has 0 fully saturated rings. The third-order valence-electron chi connectivity index (χ3n) is 4.10. The van der Waals surface area contributed by atoms with Gasteiger partial charge in [-0.1, -0.05) is 41.9 Å². The number of rotatable bonds is 3. The van der Waals surface area contributed by atoms with Crippen molar-refractivity contribution in [1.82, 2.24) is 4.98 Å². The minimum Gasteiger partial charge on any atom is -0.319 e. The largest absolute Gasteiger partial charge is 0.319 e. The van der Waals surface area contributed by atoms with Gasteiger partial charge in [-0.2, -0.15) is 0 Å². The molecule has 1 aliphatic carbocycles. The number of fused-ring (bicyclic) bond motifs is 3. The number of halogens is 1. The molecule has 2 aromatic rings. The van der Waals surface area contributed by atoms with Gasteiger partial charge in [-0.15, -0.1) is 11.3 Å². The molecule has 19 heavy (non-hydrogen) atoms. The fourth-order valence-corrected chi connectivity index (χ4v) is 4.41. The molecule has 2 nitrogen and oxygen atoms in total. The van der Waals surface area contributed by atoms with Crippen LogP contribution < -0.4 is 5.73 Å². The number of hydrogen-bond acceptors (Lipinski definition) is 3. The van der Waals surface area contributed by atoms with Gasteiger partial charge < -0.3 is 5.73 Å². The molecule has 1 aliphatic rings. The Bertz CT molecular complexity index is 629. The molecule has 0 amide bonds. The van der Waals surface area contributed by atoms with Crippen LogP contribution in [0.2, 0.25) is 0 Å². The number of benzene rings is 1. The van der Waals surface area contributed by atoms with Crippen LogP contribution in [0.1, 0.15) is 42.1 Å². The summed E-state index contributed by atoms with van der Waals surface area (Å²) in [5.41, 5.74) is 9.98. The molecule has 0 radical (unpaired) electrons. The molecule has 0 atom stereocenters. The van der Waals surface area contributed by atoms with Crippen LogP contribution in [0.4, 0.5) is 0 Å². The van der Waals surface area contributed by atoms with Crippen molar-refractivity contribution in [1.29, 1.82) is 0 Å². The van der Waals surface area contributed by atoms with E-state index in [0.717, 1.165) is 30.0 Å². The highest BCUT2D eigenvalue weighted by Crippen LogP contribution is 2.44. The highest BCUT2D eigenvalue weighted by Gasteiger charge is 2.32. The molecule has 1 aromatic carbocycles. The van der Waals surface area contributed by atoms with E-state index in [2.05, 4.69) is 48.0 Å². The predicted octanol–water partition coefficient (Wildman–Crippen LogP) is 4.45. The molecule has 1 aromatic heterocycles. The van der Waals surface area contributed by atoms with Gasteiger partial charge in [0.15, 0.2) is 0 Å². The Labute approximate surface area is 126 Å². The summed E-state index contributed by atoms with van der Waals surface area (Å²) in [6, 6.07) is 6.33. The molecular formula is C15H17BrN2S. The molecule has 4 heteroatoms. The fourth-order valence-electron chi connectivity index (χ4n) is 2.57. The smallest absolute Gasteiger partial charge is 0.113 e. The third kappa shape index (κ3) is 1.97. The molecule has 0 aliphatic heterocycles. The number of aromatic nitrogens is 1. The van der Waals surface area contributed by atoms with Crippen molar-refractivity contribution in [3.8, 4) is 11.3 Å². The minimum absolute atomic E-state index is 0.263. The lowest BCUT2D eigenvalue weighted by Gasteiger charge is -2.23. The SMILES string of the molecule is CCC(N)(CC)c1nc2c(s1)Cc1c(Br)cccc1-2. The molecule has 0 bridgehead atoms. The topological polar surface area (TPSA) is 38.9 Å². The zero-order valence-corrected chi connectivity index (χ0v) is 13.6. The number of hydrogen-bond donors (Lipinski definition) is 1. The Morgan fingerprint density at radius 3 is 2.79 bits per heavy atom. The van der Waals surface area contributed by atoms with Crippen molar-refractivity contribution in [2.75, 3.05) is 0 Å². The van der Waals surface area contributed by atoms with Gasteiger partial charge in [0.2, 0.25) is 0 Å². The van der Waals surface area contributed by atoms with Crippen LogP contribution >= 0.6 is 27.3 Å². The van der Waals surface area contributed by atoms with Crippen molar-refractivity contribution < 1.29 is 0 Å². The van der Waals surface area contributed by atoms with E-state index >= 15 is 0 Å². The summed E-state index contributed by atoms with van der Waals surface area (Å²) in [6.45, 7) is 4.28. The molecule has 2 N–H and O–H groups in total. The predicted molar refractivity (Wildman–Crippen MR) is 84.5 cm³/mol. The van der Waals surface area contributed by atoms with Gasteiger partial charge in [0.05, 0.1) is 11.2 Å². The lowest BCUT2D eigenvalue weighted by atomic mass is 9.95. The Balaban J connectivity index is 2.09. The highest BCUT2D eigenvalue weighted by atomic mass is 79.9. The van der Waals surface area contributed by atoms with Crippen LogP contribution in [-0.2, 0) is 12.0 Å². The maximum atomic E-state index is 6.47. The van der Waals surface area contributed by atoms with E-state index in [1.165, 1.54) is 20.5 Å². The van der Waals surface area contributed by atoms with E-state index in [1.807, 2.05) is 0 Å². The van der Waals surface area contributed by atoms with Crippen molar-refractivity contribution in [2.24, 2.45) is 5.73 Å². The summed E-state index contributed by atoms with van der Waals surface area (Å²) in [6.07, 6.45) is 2.84. The van der Waals surface area contributed by atoms with Gasteiger partial charge in [0, 0.05) is 21.3 Å². The summed E-state index contributed by atoms with van der Waals surface area (Å²) in [5.74, 6) is 0. The second kappa shape index (κ2) is 4.69. The third-order valence-corrected chi connectivity index (χ3v) is 6.11. The maximum Gasteiger partial charge on any atom is 0.113 e. The number of thiazole rings is 1. The second-order valence-electron chi connectivity index (χ2n) is 5.10. The first-order chi connectivity index (χ1) is 9.09. The van der Waals surface area contributed by atoms with E-state index < -0.39 is 0 Å². The number of nitrogens with two attached hydrogens (primary N) is 1. The average Bonchev–Trinajstić information content (AvgIpc) is 2.97. The Morgan fingerprint density at radius 2 is 2.11 bits per heavy atom. The first kappa shape index (κ1) is 13.3. The maximum absolute atomic E-state index is 6.47. The van der Waals surface area contributed by atoms with Crippen molar-refractivity contribution in [2.45, 2.75) is 38.6 Å². The Hall–Kier alpha value is -0.710. The summed E-state index contributed by atoms with van der Waals surface area (Å²) in [5, 5.41) is 1.09. The summed E-state index contributed by atoms with van der Waals surface area (Å²) in [4.78, 5) is 6.21. The van der Waals surface area contributed by atoms with Crippen LogP contribution in [0.5, 0.6) is 0 Å². The molecule has 0 saturated carbocycles. The van der Waals surface area contributed by atoms with Crippen LogP contribution in [0.25, 0.3) is 11.3 Å². The van der Waals surface area contributed by atoms with E-state index in [1.54, 1.807) is 11.3 Å². The molecule has 3 rings (SSSR count). The molecular weight excluding hydrogens is 320 g/mol. The Kier molecular flexibility index (Phi) is 3.28. The van der Waals surface area contributed by atoms with Crippen LogP contribution in [0, 0.1) is 0 Å². The molecule has 100 valence electrons. The van der Waals surface area contributed by atoms with Crippen LogP contribution in [0.3, 0.4) is 0 Å². The Morgan fingerprint density at radius 1 is 1.37 bits per heavy atom. The zero-order valence-electron chi connectivity index (χ0n) is 11.2. The standard InChI is InChI=1S/C15H17BrN2S/c1-3-15(17,4-2)14-18-13-9-6-5-7-11(16)10(9)8-12(13)19-14/h5-7H,3-4,8,17H2,1-2H3. The fraction of sp³-hybridized carbons (Fsp3) is 0.400. The first-order valence-electron chi connectivity index (χ1n) is 6.66. The number of nitrogens with zero attached hydrogens (tertiary/aromatic N) is 1. The van der Waals surface area contributed by atoms with Crippen molar-refractivity contribution in [3.63, 3.8) is 0 Å². The lowest BCUT2D eigenvalue weighted by Crippen LogP contribution is -2.34. The summed E-state index contributed by atoms with van der Waals surface area (Å²) < 4.78 is 1.18. The van der Waals surface area contributed by atoms with E-state index in [4.69, 9.17) is 10.7 Å². The molecule has 1 heterocycles. The van der Waals surface area contributed by atoms with E-state index in [0.29, 0.717) is 0 Å². The van der Waals surface area contributed by atoms with Gasteiger partial charge in [-0.3, -0.25) is 0 Å². The van der Waals surface area contributed by atoms with Gasteiger partial charge >= 0.3 is 0 Å². The van der Waals surface area contributed by atoms with Gasteiger partial charge in [0.1, 0.15) is 5.01 Å². The summed E-state index contributed by atoms with van der Waals surface area (Å²) in [7, 11) is 0. The monoisotopic (exact) mass is 336 g/mol.